The van der Waals surface area contributed by atoms with Crippen molar-refractivity contribution in [3.8, 4) is 0 Å². The molecule has 0 spiro atoms. The van der Waals surface area contributed by atoms with Crippen LogP contribution >= 0.6 is 0 Å². The summed E-state index contributed by atoms with van der Waals surface area (Å²) in [5.74, 6) is 2.36. The van der Waals surface area contributed by atoms with Gasteiger partial charge in [0.2, 0.25) is 5.95 Å². The largest absolute Gasteiger partial charge is 0.468 e. The summed E-state index contributed by atoms with van der Waals surface area (Å²) in [7, 11) is 0. The number of nitrogens with zero attached hydrogens (tertiary/aromatic N) is 6. The molecule has 0 aliphatic carbocycles. The van der Waals surface area contributed by atoms with E-state index in [4.69, 9.17) is 15.1 Å². The van der Waals surface area contributed by atoms with Gasteiger partial charge < -0.3 is 20.0 Å². The van der Waals surface area contributed by atoms with Crippen molar-refractivity contribution in [1.82, 2.24) is 19.8 Å². The summed E-state index contributed by atoms with van der Waals surface area (Å²) in [5.41, 5.74) is 6.31. The Kier molecular flexibility index (Phi) is 5.53. The number of nitrogens with two attached hydrogens (primary N) is 1. The molecule has 2 aromatic heterocycles. The molecule has 1 atom stereocenters. The summed E-state index contributed by atoms with van der Waals surface area (Å²) in [5, 5.41) is 0. The van der Waals surface area contributed by atoms with E-state index >= 15 is 0 Å². The van der Waals surface area contributed by atoms with Crippen LogP contribution in [-0.2, 0) is 0 Å². The number of hydrogen-bond acceptors (Lipinski definition) is 6. The lowest BCUT2D eigenvalue weighted by atomic mass is 10.2. The van der Waals surface area contributed by atoms with Crippen molar-refractivity contribution in [2.45, 2.75) is 18.9 Å². The van der Waals surface area contributed by atoms with Crippen LogP contribution in [0.2, 0.25) is 0 Å². The molecule has 2 fully saturated rings. The molecule has 8 heteroatoms. The van der Waals surface area contributed by atoms with Crippen molar-refractivity contribution >= 4 is 11.9 Å². The average molecular weight is 369 g/mol. The van der Waals surface area contributed by atoms with E-state index in [-0.39, 0.29) is 6.04 Å². The fourth-order valence-electron chi connectivity index (χ4n) is 3.79. The first-order valence-corrected chi connectivity index (χ1v) is 9.65. The van der Waals surface area contributed by atoms with Gasteiger partial charge in [0.25, 0.3) is 0 Å². The van der Waals surface area contributed by atoms with Gasteiger partial charge in [0.15, 0.2) is 5.96 Å². The molecular weight excluding hydrogens is 342 g/mol. The van der Waals surface area contributed by atoms with E-state index in [1.165, 1.54) is 12.8 Å². The Bertz CT molecular complexity index is 720. The minimum atomic E-state index is 0.167. The number of likely N-dealkylation sites (tertiary alicyclic amines) is 1. The maximum Gasteiger partial charge on any atom is 0.225 e. The maximum absolute atomic E-state index is 6.31. The van der Waals surface area contributed by atoms with Gasteiger partial charge in [-0.05, 0) is 44.1 Å². The Morgan fingerprint density at radius 3 is 2.48 bits per heavy atom. The standard InChI is InChI=1S/C19H27N7O/c20-18(25-10-12-26(13-11-25)19-21-6-4-7-22-19)23-15-16(17-5-3-14-27-17)24-8-1-2-9-24/h3-7,14,16H,1-2,8-13,15H2,(H2,20,23). The van der Waals surface area contributed by atoms with Crippen LogP contribution in [0, 0.1) is 0 Å². The molecule has 1 unspecified atom stereocenters. The second-order valence-corrected chi connectivity index (χ2v) is 7.00. The molecule has 0 saturated carbocycles. The third-order valence-electron chi connectivity index (χ3n) is 5.32. The van der Waals surface area contributed by atoms with Gasteiger partial charge in [0, 0.05) is 38.6 Å². The molecule has 2 saturated heterocycles. The molecule has 0 bridgehead atoms. The zero-order chi connectivity index (χ0) is 18.5. The zero-order valence-corrected chi connectivity index (χ0v) is 15.6. The minimum Gasteiger partial charge on any atom is -0.468 e. The van der Waals surface area contributed by atoms with Crippen LogP contribution in [0.25, 0.3) is 0 Å². The van der Waals surface area contributed by atoms with Crippen LogP contribution < -0.4 is 10.6 Å². The number of aromatic nitrogens is 2. The minimum absolute atomic E-state index is 0.167. The van der Waals surface area contributed by atoms with Gasteiger partial charge in [0.05, 0.1) is 18.8 Å². The second kappa shape index (κ2) is 8.39. The first-order valence-electron chi connectivity index (χ1n) is 9.65. The summed E-state index contributed by atoms with van der Waals surface area (Å²) in [4.78, 5) is 20.1. The topological polar surface area (TPSA) is 87.0 Å². The Morgan fingerprint density at radius 2 is 1.81 bits per heavy atom. The normalized spacial score (nSPS) is 20.2. The molecule has 2 aliphatic heterocycles. The first kappa shape index (κ1) is 17.8. The molecule has 0 amide bonds. The molecule has 2 aliphatic rings. The van der Waals surface area contributed by atoms with Crippen LogP contribution in [0.3, 0.4) is 0 Å². The number of hydrogen-bond donors (Lipinski definition) is 1. The number of rotatable bonds is 5. The van der Waals surface area contributed by atoms with Crippen LogP contribution in [0.5, 0.6) is 0 Å². The number of aliphatic imine (C=N–C) groups is 1. The van der Waals surface area contributed by atoms with E-state index in [0.717, 1.165) is 51.0 Å². The molecule has 4 rings (SSSR count). The molecule has 144 valence electrons. The second-order valence-electron chi connectivity index (χ2n) is 7.00. The summed E-state index contributed by atoms with van der Waals surface area (Å²) in [6, 6.07) is 5.98. The van der Waals surface area contributed by atoms with Gasteiger partial charge in [-0.15, -0.1) is 0 Å². The van der Waals surface area contributed by atoms with Crippen molar-refractivity contribution in [1.29, 1.82) is 0 Å². The fourth-order valence-corrected chi connectivity index (χ4v) is 3.79. The Labute approximate surface area is 159 Å². The van der Waals surface area contributed by atoms with Crippen molar-refractivity contribution < 1.29 is 4.42 Å². The summed E-state index contributed by atoms with van der Waals surface area (Å²) in [6.07, 6.45) is 7.76. The van der Waals surface area contributed by atoms with E-state index in [0.29, 0.717) is 12.5 Å². The summed E-state index contributed by atoms with van der Waals surface area (Å²) < 4.78 is 5.66. The highest BCUT2D eigenvalue weighted by Gasteiger charge is 2.26. The molecule has 8 nitrogen and oxygen atoms in total. The number of guanidine groups is 1. The SMILES string of the molecule is NC(=NCC(c1ccco1)N1CCCC1)N1CCN(c2ncccn2)CC1. The quantitative estimate of drug-likeness (QED) is 0.629. The maximum atomic E-state index is 6.31. The summed E-state index contributed by atoms with van der Waals surface area (Å²) in [6.45, 7) is 6.14. The van der Waals surface area contributed by atoms with Gasteiger partial charge in [-0.3, -0.25) is 9.89 Å². The third kappa shape index (κ3) is 4.21. The van der Waals surface area contributed by atoms with Gasteiger partial charge in [-0.2, -0.15) is 0 Å². The number of anilines is 1. The third-order valence-corrected chi connectivity index (χ3v) is 5.32. The van der Waals surface area contributed by atoms with Gasteiger partial charge in [-0.1, -0.05) is 0 Å². The molecular formula is C19H27N7O. The van der Waals surface area contributed by atoms with Crippen molar-refractivity contribution in [3.05, 3.63) is 42.6 Å². The van der Waals surface area contributed by atoms with Crippen molar-refractivity contribution in [2.24, 2.45) is 10.7 Å². The number of furan rings is 1. The smallest absolute Gasteiger partial charge is 0.225 e. The zero-order valence-electron chi connectivity index (χ0n) is 15.6. The molecule has 0 radical (unpaired) electrons. The van der Waals surface area contributed by atoms with Gasteiger partial charge in [-0.25, -0.2) is 9.97 Å². The highest BCUT2D eigenvalue weighted by Crippen LogP contribution is 2.25. The molecule has 2 N–H and O–H groups in total. The van der Waals surface area contributed by atoms with Crippen LogP contribution in [-0.4, -0.2) is 71.5 Å². The van der Waals surface area contributed by atoms with E-state index in [1.54, 1.807) is 18.7 Å². The van der Waals surface area contributed by atoms with Crippen LogP contribution in [0.1, 0.15) is 24.6 Å². The van der Waals surface area contributed by atoms with E-state index in [9.17, 15) is 0 Å². The Morgan fingerprint density at radius 1 is 1.07 bits per heavy atom. The lowest BCUT2D eigenvalue weighted by Crippen LogP contribution is -2.51. The average Bonchev–Trinajstić information content (AvgIpc) is 3.44. The first-order chi connectivity index (χ1) is 13.3. The van der Waals surface area contributed by atoms with Crippen LogP contribution in [0.15, 0.2) is 46.3 Å². The highest BCUT2D eigenvalue weighted by atomic mass is 16.3. The lowest BCUT2D eigenvalue weighted by molar-refractivity contribution is 0.220. The molecule has 27 heavy (non-hydrogen) atoms. The van der Waals surface area contributed by atoms with E-state index in [2.05, 4.69) is 24.7 Å². The van der Waals surface area contributed by atoms with E-state index < -0.39 is 0 Å². The predicted octanol–water partition coefficient (Wildman–Crippen LogP) is 1.34. The fraction of sp³-hybridized carbons (Fsp3) is 0.526. The van der Waals surface area contributed by atoms with Gasteiger partial charge in [0.1, 0.15) is 5.76 Å². The number of piperazine rings is 1. The predicted molar refractivity (Wildman–Crippen MR) is 105 cm³/mol. The summed E-state index contributed by atoms with van der Waals surface area (Å²) >= 11 is 0. The van der Waals surface area contributed by atoms with Gasteiger partial charge >= 0.3 is 0 Å². The molecule has 0 aromatic carbocycles. The van der Waals surface area contributed by atoms with Crippen LogP contribution in [0.4, 0.5) is 5.95 Å². The van der Waals surface area contributed by atoms with Crippen molar-refractivity contribution in [2.75, 3.05) is 50.7 Å². The van der Waals surface area contributed by atoms with E-state index in [1.807, 2.05) is 18.2 Å². The molecule has 4 heterocycles. The Balaban J connectivity index is 1.36. The molecule has 2 aromatic rings. The highest BCUT2D eigenvalue weighted by molar-refractivity contribution is 5.78. The Hall–Kier alpha value is -2.61. The van der Waals surface area contributed by atoms with Crippen molar-refractivity contribution in [3.63, 3.8) is 0 Å². The lowest BCUT2D eigenvalue weighted by Gasteiger charge is -2.35. The monoisotopic (exact) mass is 369 g/mol.